The number of nitrogens with two attached hydrogens (primary N) is 2. The fourth-order valence-corrected chi connectivity index (χ4v) is 2.14. The molecule has 0 unspecified atom stereocenters. The van der Waals surface area contributed by atoms with Crippen molar-refractivity contribution in [1.29, 1.82) is 0 Å². The van der Waals surface area contributed by atoms with Crippen molar-refractivity contribution >= 4 is 11.4 Å². The van der Waals surface area contributed by atoms with Gasteiger partial charge >= 0.3 is 12.4 Å². The molecule has 0 aliphatic rings. The van der Waals surface area contributed by atoms with Gasteiger partial charge in [0.15, 0.2) is 0 Å². The SMILES string of the molecule is Nc1ccc(-c2cccc(N)c2C(F)(F)F)c(C(F)(F)F)c1. The molecular weight excluding hydrogens is 310 g/mol. The van der Waals surface area contributed by atoms with Crippen molar-refractivity contribution < 1.29 is 26.3 Å². The van der Waals surface area contributed by atoms with E-state index in [1.54, 1.807) is 0 Å². The van der Waals surface area contributed by atoms with Crippen molar-refractivity contribution in [3.63, 3.8) is 0 Å². The van der Waals surface area contributed by atoms with Crippen molar-refractivity contribution in [3.8, 4) is 11.1 Å². The number of halogens is 6. The van der Waals surface area contributed by atoms with Gasteiger partial charge in [-0.1, -0.05) is 18.2 Å². The molecule has 0 atom stereocenters. The average Bonchev–Trinajstić information content (AvgIpc) is 2.35. The standard InChI is InChI=1S/C14H10F6N2/c15-13(16,17)10-6-7(21)4-5-8(10)9-2-1-3-11(22)12(9)14(18,19)20/h1-6H,21-22H2. The molecule has 0 aromatic heterocycles. The predicted octanol–water partition coefficient (Wildman–Crippen LogP) is 4.56. The van der Waals surface area contributed by atoms with Crippen LogP contribution in [0.2, 0.25) is 0 Å². The Bertz CT molecular complexity index is 703. The number of hydrogen-bond donors (Lipinski definition) is 2. The predicted molar refractivity (Wildman–Crippen MR) is 70.7 cm³/mol. The van der Waals surface area contributed by atoms with Crippen molar-refractivity contribution in [1.82, 2.24) is 0 Å². The van der Waals surface area contributed by atoms with Crippen LogP contribution in [0.1, 0.15) is 11.1 Å². The Hall–Kier alpha value is -2.38. The van der Waals surface area contributed by atoms with Gasteiger partial charge in [0, 0.05) is 11.4 Å². The zero-order valence-corrected chi connectivity index (χ0v) is 10.9. The van der Waals surface area contributed by atoms with Crippen LogP contribution >= 0.6 is 0 Å². The average molecular weight is 320 g/mol. The van der Waals surface area contributed by atoms with Crippen LogP contribution in [-0.4, -0.2) is 0 Å². The smallest absolute Gasteiger partial charge is 0.399 e. The van der Waals surface area contributed by atoms with E-state index in [0.717, 1.165) is 30.3 Å². The first-order chi connectivity index (χ1) is 10.0. The third-order valence-corrected chi connectivity index (χ3v) is 3.02. The molecule has 0 bridgehead atoms. The molecule has 0 radical (unpaired) electrons. The number of hydrogen-bond acceptors (Lipinski definition) is 2. The Morgan fingerprint density at radius 3 is 1.91 bits per heavy atom. The first-order valence-electron chi connectivity index (χ1n) is 5.94. The quantitative estimate of drug-likeness (QED) is 0.598. The Balaban J connectivity index is 2.82. The minimum Gasteiger partial charge on any atom is -0.399 e. The minimum absolute atomic E-state index is 0.200. The fraction of sp³-hybridized carbons (Fsp3) is 0.143. The van der Waals surface area contributed by atoms with Crippen LogP contribution in [0.15, 0.2) is 36.4 Å². The normalized spacial score (nSPS) is 12.5. The fourth-order valence-electron chi connectivity index (χ4n) is 2.14. The van der Waals surface area contributed by atoms with Crippen molar-refractivity contribution in [2.75, 3.05) is 11.5 Å². The van der Waals surface area contributed by atoms with Gasteiger partial charge in [0.25, 0.3) is 0 Å². The lowest BCUT2D eigenvalue weighted by molar-refractivity contribution is -0.139. The van der Waals surface area contributed by atoms with Crippen LogP contribution in [0.3, 0.4) is 0 Å². The highest BCUT2D eigenvalue weighted by atomic mass is 19.4. The van der Waals surface area contributed by atoms with Gasteiger partial charge in [-0.05, 0) is 29.3 Å². The van der Waals surface area contributed by atoms with Crippen LogP contribution in [0, 0.1) is 0 Å². The molecule has 8 heteroatoms. The van der Waals surface area contributed by atoms with E-state index >= 15 is 0 Å². The molecule has 0 amide bonds. The second-order valence-electron chi connectivity index (χ2n) is 4.57. The number of rotatable bonds is 1. The van der Waals surface area contributed by atoms with Crippen molar-refractivity contribution in [2.24, 2.45) is 0 Å². The van der Waals surface area contributed by atoms with E-state index in [-0.39, 0.29) is 5.69 Å². The molecule has 0 fully saturated rings. The Morgan fingerprint density at radius 1 is 0.727 bits per heavy atom. The molecule has 118 valence electrons. The molecule has 0 saturated heterocycles. The third-order valence-electron chi connectivity index (χ3n) is 3.02. The molecule has 0 saturated carbocycles. The maximum atomic E-state index is 13.1. The molecule has 0 aliphatic carbocycles. The van der Waals surface area contributed by atoms with Gasteiger partial charge < -0.3 is 11.5 Å². The first kappa shape index (κ1) is 16.0. The number of nitrogen functional groups attached to an aromatic ring is 2. The summed E-state index contributed by atoms with van der Waals surface area (Å²) in [5, 5.41) is 0. The summed E-state index contributed by atoms with van der Waals surface area (Å²) in [5.41, 5.74) is 5.96. The van der Waals surface area contributed by atoms with Gasteiger partial charge in [0.2, 0.25) is 0 Å². The summed E-state index contributed by atoms with van der Waals surface area (Å²) in [7, 11) is 0. The van der Waals surface area contributed by atoms with Crippen LogP contribution in [0.5, 0.6) is 0 Å². The van der Waals surface area contributed by atoms with E-state index in [1.165, 1.54) is 0 Å². The highest BCUT2D eigenvalue weighted by Gasteiger charge is 2.39. The number of anilines is 2. The van der Waals surface area contributed by atoms with E-state index < -0.39 is 40.3 Å². The van der Waals surface area contributed by atoms with Crippen LogP contribution in [-0.2, 0) is 12.4 Å². The van der Waals surface area contributed by atoms with Crippen molar-refractivity contribution in [3.05, 3.63) is 47.5 Å². The molecule has 0 spiro atoms. The van der Waals surface area contributed by atoms with E-state index in [9.17, 15) is 26.3 Å². The lowest BCUT2D eigenvalue weighted by Gasteiger charge is -2.19. The van der Waals surface area contributed by atoms with Gasteiger partial charge in [-0.3, -0.25) is 0 Å². The molecule has 0 heterocycles. The van der Waals surface area contributed by atoms with E-state index in [0.29, 0.717) is 6.07 Å². The van der Waals surface area contributed by atoms with Gasteiger partial charge in [0.1, 0.15) is 0 Å². The largest absolute Gasteiger partial charge is 0.418 e. The topological polar surface area (TPSA) is 52.0 Å². The maximum Gasteiger partial charge on any atom is 0.418 e. The summed E-state index contributed by atoms with van der Waals surface area (Å²) in [6.07, 6.45) is -9.73. The second-order valence-corrected chi connectivity index (χ2v) is 4.57. The Kier molecular flexibility index (Phi) is 3.72. The summed E-state index contributed by atoms with van der Waals surface area (Å²) < 4.78 is 78.6. The molecule has 2 aromatic rings. The molecule has 2 aromatic carbocycles. The molecule has 0 aliphatic heterocycles. The number of benzene rings is 2. The lowest BCUT2D eigenvalue weighted by atomic mass is 9.93. The summed E-state index contributed by atoms with van der Waals surface area (Å²) in [6.45, 7) is 0. The highest BCUT2D eigenvalue weighted by molar-refractivity contribution is 5.78. The molecule has 4 N–H and O–H groups in total. The first-order valence-corrected chi connectivity index (χ1v) is 5.94. The summed E-state index contributed by atoms with van der Waals surface area (Å²) in [4.78, 5) is 0. The van der Waals surface area contributed by atoms with Gasteiger partial charge in [-0.15, -0.1) is 0 Å². The second kappa shape index (κ2) is 5.11. The van der Waals surface area contributed by atoms with E-state index in [2.05, 4.69) is 0 Å². The molecule has 22 heavy (non-hydrogen) atoms. The van der Waals surface area contributed by atoms with Crippen LogP contribution in [0.25, 0.3) is 11.1 Å². The van der Waals surface area contributed by atoms with Gasteiger partial charge in [0.05, 0.1) is 11.1 Å². The summed E-state index contributed by atoms with van der Waals surface area (Å²) in [5.74, 6) is 0. The summed E-state index contributed by atoms with van der Waals surface area (Å²) >= 11 is 0. The molecular formula is C14H10F6N2. The zero-order valence-electron chi connectivity index (χ0n) is 10.9. The Labute approximate surface area is 121 Å². The minimum atomic E-state index is -4.88. The lowest BCUT2D eigenvalue weighted by Crippen LogP contribution is -2.13. The monoisotopic (exact) mass is 320 g/mol. The Morgan fingerprint density at radius 2 is 1.36 bits per heavy atom. The zero-order chi connectivity index (χ0) is 16.7. The van der Waals surface area contributed by atoms with Crippen LogP contribution in [0.4, 0.5) is 37.7 Å². The van der Waals surface area contributed by atoms with E-state index in [1.807, 2.05) is 0 Å². The number of alkyl halides is 6. The molecule has 2 nitrogen and oxygen atoms in total. The molecule has 2 rings (SSSR count). The van der Waals surface area contributed by atoms with Crippen LogP contribution < -0.4 is 11.5 Å². The highest BCUT2D eigenvalue weighted by Crippen LogP contribution is 2.45. The van der Waals surface area contributed by atoms with E-state index in [4.69, 9.17) is 11.5 Å². The third kappa shape index (κ3) is 2.95. The summed E-state index contributed by atoms with van der Waals surface area (Å²) in [6, 6.07) is 5.70. The maximum absolute atomic E-state index is 13.1. The van der Waals surface area contributed by atoms with Crippen molar-refractivity contribution in [2.45, 2.75) is 12.4 Å². The van der Waals surface area contributed by atoms with Gasteiger partial charge in [-0.2, -0.15) is 26.3 Å². The van der Waals surface area contributed by atoms with Gasteiger partial charge in [-0.25, -0.2) is 0 Å².